The van der Waals surface area contributed by atoms with Gasteiger partial charge in [0.05, 0.1) is 18.0 Å². The predicted molar refractivity (Wildman–Crippen MR) is 64.1 cm³/mol. The third-order valence-corrected chi connectivity index (χ3v) is 3.39. The van der Waals surface area contributed by atoms with Crippen LogP contribution in [0.2, 0.25) is 0 Å². The first-order valence-corrected chi connectivity index (χ1v) is 5.81. The Morgan fingerprint density at radius 3 is 2.82 bits per heavy atom. The fourth-order valence-electron chi connectivity index (χ4n) is 2.21. The molecule has 0 bridgehead atoms. The number of carbonyl (C=O) groups is 1. The first-order chi connectivity index (χ1) is 8.18. The van der Waals surface area contributed by atoms with E-state index in [4.69, 9.17) is 0 Å². The topological polar surface area (TPSA) is 65.8 Å². The van der Waals surface area contributed by atoms with Crippen LogP contribution >= 0.6 is 0 Å². The van der Waals surface area contributed by atoms with E-state index < -0.39 is 5.41 Å². The number of nitrogens with zero attached hydrogens (tertiary/aromatic N) is 2. The second-order valence-electron chi connectivity index (χ2n) is 4.55. The summed E-state index contributed by atoms with van der Waals surface area (Å²) < 4.78 is 0. The van der Waals surface area contributed by atoms with Crippen LogP contribution in [0.25, 0.3) is 0 Å². The molecular formula is C13H15N3O. The molecule has 0 saturated heterocycles. The van der Waals surface area contributed by atoms with E-state index >= 15 is 0 Å². The smallest absolute Gasteiger partial charge is 0.244 e. The quantitative estimate of drug-likeness (QED) is 0.846. The number of nitrogens with one attached hydrogen (secondary N) is 1. The summed E-state index contributed by atoms with van der Waals surface area (Å²) in [6, 6.07) is 4.02. The van der Waals surface area contributed by atoms with Gasteiger partial charge in [-0.25, -0.2) is 0 Å². The van der Waals surface area contributed by atoms with Crippen molar-refractivity contribution in [2.75, 3.05) is 5.32 Å². The molecule has 1 aromatic rings. The highest BCUT2D eigenvalue weighted by Crippen LogP contribution is 2.38. The number of rotatable bonds is 2. The molecule has 1 N–H and O–H groups in total. The molecule has 0 spiro atoms. The third-order valence-electron chi connectivity index (χ3n) is 3.39. The van der Waals surface area contributed by atoms with Crippen molar-refractivity contribution in [1.29, 1.82) is 5.26 Å². The van der Waals surface area contributed by atoms with Gasteiger partial charge in [0.15, 0.2) is 0 Å². The van der Waals surface area contributed by atoms with Crippen LogP contribution in [0.15, 0.2) is 18.5 Å². The van der Waals surface area contributed by atoms with Gasteiger partial charge in [-0.15, -0.1) is 0 Å². The molecule has 1 aliphatic carbocycles. The number of pyridine rings is 1. The van der Waals surface area contributed by atoms with Crippen LogP contribution in [0, 0.1) is 23.7 Å². The maximum atomic E-state index is 12.2. The SMILES string of the molecule is Cc1ccncc1NC(=O)C1(C#N)CCCC1. The summed E-state index contributed by atoms with van der Waals surface area (Å²) in [5, 5.41) is 12.0. The standard InChI is InChI=1S/C13H15N3O/c1-10-4-7-15-8-11(10)16-12(17)13(9-14)5-2-3-6-13/h4,7-8H,2-3,5-6H2,1H3,(H,16,17). The number of amides is 1. The molecule has 0 radical (unpaired) electrons. The first kappa shape index (κ1) is 11.6. The van der Waals surface area contributed by atoms with Crippen LogP contribution < -0.4 is 5.32 Å². The number of carbonyl (C=O) groups excluding carboxylic acids is 1. The molecular weight excluding hydrogens is 214 g/mol. The van der Waals surface area contributed by atoms with E-state index in [1.54, 1.807) is 12.4 Å². The van der Waals surface area contributed by atoms with E-state index in [-0.39, 0.29) is 5.91 Å². The molecule has 2 rings (SSSR count). The number of aryl methyl sites for hydroxylation is 1. The zero-order valence-electron chi connectivity index (χ0n) is 9.86. The molecule has 4 heteroatoms. The van der Waals surface area contributed by atoms with Crippen LogP contribution in [-0.2, 0) is 4.79 Å². The van der Waals surface area contributed by atoms with Crippen LogP contribution in [-0.4, -0.2) is 10.9 Å². The average Bonchev–Trinajstić information content (AvgIpc) is 2.82. The van der Waals surface area contributed by atoms with Gasteiger partial charge in [0, 0.05) is 6.20 Å². The number of nitriles is 1. The lowest BCUT2D eigenvalue weighted by Gasteiger charge is -2.19. The number of anilines is 1. The molecule has 1 amide bonds. The van der Waals surface area contributed by atoms with Crippen molar-refractivity contribution in [2.24, 2.45) is 5.41 Å². The van der Waals surface area contributed by atoms with E-state index in [0.29, 0.717) is 18.5 Å². The lowest BCUT2D eigenvalue weighted by Crippen LogP contribution is -2.32. The highest BCUT2D eigenvalue weighted by molar-refractivity contribution is 5.97. The lowest BCUT2D eigenvalue weighted by molar-refractivity contribution is -0.122. The van der Waals surface area contributed by atoms with Crippen molar-refractivity contribution >= 4 is 11.6 Å². The normalized spacial score (nSPS) is 17.4. The summed E-state index contributed by atoms with van der Waals surface area (Å²) in [5.41, 5.74) is 0.820. The Balaban J connectivity index is 2.17. The van der Waals surface area contributed by atoms with Gasteiger partial charge in [-0.2, -0.15) is 5.26 Å². The molecule has 1 saturated carbocycles. The Bertz CT molecular complexity index is 470. The molecule has 17 heavy (non-hydrogen) atoms. The molecule has 1 aliphatic rings. The number of hydrogen-bond donors (Lipinski definition) is 1. The summed E-state index contributed by atoms with van der Waals surface area (Å²) in [6.07, 6.45) is 6.52. The summed E-state index contributed by atoms with van der Waals surface area (Å²) in [5.74, 6) is -0.186. The van der Waals surface area contributed by atoms with Gasteiger partial charge in [0.25, 0.3) is 0 Å². The number of aromatic nitrogens is 1. The second-order valence-corrected chi connectivity index (χ2v) is 4.55. The summed E-state index contributed by atoms with van der Waals surface area (Å²) in [4.78, 5) is 16.1. The van der Waals surface area contributed by atoms with E-state index in [1.165, 1.54) is 0 Å². The lowest BCUT2D eigenvalue weighted by atomic mass is 9.87. The van der Waals surface area contributed by atoms with Gasteiger partial charge >= 0.3 is 0 Å². The molecule has 0 unspecified atom stereocenters. The summed E-state index contributed by atoms with van der Waals surface area (Å²) in [7, 11) is 0. The average molecular weight is 229 g/mol. The van der Waals surface area contributed by atoms with E-state index in [2.05, 4.69) is 16.4 Å². The van der Waals surface area contributed by atoms with Gasteiger partial charge in [-0.05, 0) is 31.4 Å². The molecule has 88 valence electrons. The Morgan fingerprint density at radius 1 is 1.53 bits per heavy atom. The van der Waals surface area contributed by atoms with E-state index in [9.17, 15) is 10.1 Å². The van der Waals surface area contributed by atoms with Crippen LogP contribution in [0.4, 0.5) is 5.69 Å². The van der Waals surface area contributed by atoms with Crippen molar-refractivity contribution < 1.29 is 4.79 Å². The Labute approximate surface area is 101 Å². The largest absolute Gasteiger partial charge is 0.323 e. The minimum Gasteiger partial charge on any atom is -0.323 e. The van der Waals surface area contributed by atoms with Crippen LogP contribution in [0.3, 0.4) is 0 Å². The van der Waals surface area contributed by atoms with Gasteiger partial charge < -0.3 is 5.32 Å². The molecule has 4 nitrogen and oxygen atoms in total. The van der Waals surface area contributed by atoms with Crippen molar-refractivity contribution in [3.63, 3.8) is 0 Å². The second kappa shape index (κ2) is 4.54. The first-order valence-electron chi connectivity index (χ1n) is 5.81. The molecule has 1 fully saturated rings. The molecule has 0 aromatic carbocycles. The third kappa shape index (κ3) is 2.14. The highest BCUT2D eigenvalue weighted by Gasteiger charge is 2.41. The van der Waals surface area contributed by atoms with Crippen molar-refractivity contribution in [2.45, 2.75) is 32.6 Å². The van der Waals surface area contributed by atoms with Gasteiger partial charge in [0.1, 0.15) is 5.41 Å². The Hall–Kier alpha value is -1.89. The highest BCUT2D eigenvalue weighted by atomic mass is 16.2. The number of hydrogen-bond acceptors (Lipinski definition) is 3. The van der Waals surface area contributed by atoms with Crippen molar-refractivity contribution in [3.05, 3.63) is 24.0 Å². The van der Waals surface area contributed by atoms with Crippen molar-refractivity contribution in [3.8, 4) is 6.07 Å². The fraction of sp³-hybridized carbons (Fsp3) is 0.462. The minimum absolute atomic E-state index is 0.186. The Kier molecular flexibility index (Phi) is 3.10. The molecule has 0 aliphatic heterocycles. The van der Waals surface area contributed by atoms with Gasteiger partial charge in [-0.3, -0.25) is 9.78 Å². The van der Waals surface area contributed by atoms with E-state index in [1.807, 2.05) is 13.0 Å². The minimum atomic E-state index is -0.831. The maximum absolute atomic E-state index is 12.2. The van der Waals surface area contributed by atoms with Crippen LogP contribution in [0.1, 0.15) is 31.2 Å². The maximum Gasteiger partial charge on any atom is 0.244 e. The van der Waals surface area contributed by atoms with Gasteiger partial charge in [0.2, 0.25) is 5.91 Å². The van der Waals surface area contributed by atoms with Crippen LogP contribution in [0.5, 0.6) is 0 Å². The molecule has 1 heterocycles. The molecule has 1 aromatic heterocycles. The summed E-state index contributed by atoms with van der Waals surface area (Å²) in [6.45, 7) is 1.91. The molecule has 0 atom stereocenters. The summed E-state index contributed by atoms with van der Waals surface area (Å²) >= 11 is 0. The predicted octanol–water partition coefficient (Wildman–Crippen LogP) is 2.41. The fourth-order valence-corrected chi connectivity index (χ4v) is 2.21. The van der Waals surface area contributed by atoms with E-state index in [0.717, 1.165) is 18.4 Å². The van der Waals surface area contributed by atoms with Gasteiger partial charge in [-0.1, -0.05) is 12.8 Å². The zero-order chi connectivity index (χ0) is 12.3. The zero-order valence-corrected chi connectivity index (χ0v) is 9.86. The van der Waals surface area contributed by atoms with Crippen molar-refractivity contribution in [1.82, 2.24) is 4.98 Å². The monoisotopic (exact) mass is 229 g/mol. The Morgan fingerprint density at radius 2 is 2.24 bits per heavy atom.